The van der Waals surface area contributed by atoms with Gasteiger partial charge in [-0.05, 0) is 36.4 Å². The third-order valence-corrected chi connectivity index (χ3v) is 3.06. The average molecular weight is 309 g/mol. The summed E-state index contributed by atoms with van der Waals surface area (Å²) in [6, 6.07) is 7.32. The van der Waals surface area contributed by atoms with Gasteiger partial charge in [-0.2, -0.15) is 0 Å². The summed E-state index contributed by atoms with van der Waals surface area (Å²) in [6.07, 6.45) is 0. The number of nitrogens with two attached hydrogens (primary N) is 1. The average Bonchev–Trinajstić information content (AvgIpc) is 2.43. The molecule has 0 fully saturated rings. The van der Waals surface area contributed by atoms with Gasteiger partial charge < -0.3 is 16.2 Å². The molecule has 0 bridgehead atoms. The van der Waals surface area contributed by atoms with Gasteiger partial charge in [0.2, 0.25) is 0 Å². The molecule has 2 aromatic rings. The number of halogens is 2. The molecule has 0 radical (unpaired) electrons. The van der Waals surface area contributed by atoms with Gasteiger partial charge in [0.1, 0.15) is 5.82 Å². The van der Waals surface area contributed by atoms with E-state index >= 15 is 0 Å². The number of amides is 1. The summed E-state index contributed by atoms with van der Waals surface area (Å²) in [7, 11) is 0. The third kappa shape index (κ3) is 3.29. The topological polar surface area (TPSA) is 92.4 Å². The Morgan fingerprint density at radius 1 is 1.14 bits per heavy atom. The summed E-state index contributed by atoms with van der Waals surface area (Å²) in [5.41, 5.74) is 5.61. The van der Waals surface area contributed by atoms with Crippen LogP contribution < -0.4 is 11.1 Å². The summed E-state index contributed by atoms with van der Waals surface area (Å²) >= 11 is 5.74. The van der Waals surface area contributed by atoms with Crippen LogP contribution in [-0.4, -0.2) is 17.0 Å². The molecule has 4 N–H and O–H groups in total. The van der Waals surface area contributed by atoms with Crippen molar-refractivity contribution in [3.05, 3.63) is 58.4 Å². The number of carboxylic acids is 1. The van der Waals surface area contributed by atoms with Crippen LogP contribution >= 0.6 is 11.6 Å². The zero-order valence-corrected chi connectivity index (χ0v) is 11.3. The standard InChI is InChI=1S/C14H10ClFN2O3/c15-9-3-1-7(5-11(9)17)13(19)18-12-6-8(14(20)21)2-4-10(12)16/h1-6H,17H2,(H,18,19)(H,20,21). The van der Waals surface area contributed by atoms with Crippen LogP contribution in [-0.2, 0) is 0 Å². The fourth-order valence-corrected chi connectivity index (χ4v) is 1.75. The SMILES string of the molecule is Nc1cc(C(=O)Nc2cc(C(=O)O)ccc2F)ccc1Cl. The highest BCUT2D eigenvalue weighted by atomic mass is 35.5. The molecule has 2 rings (SSSR count). The van der Waals surface area contributed by atoms with Crippen molar-refractivity contribution in [3.8, 4) is 0 Å². The molecule has 0 atom stereocenters. The lowest BCUT2D eigenvalue weighted by Gasteiger charge is -2.08. The smallest absolute Gasteiger partial charge is 0.335 e. The molecule has 0 unspecified atom stereocenters. The Bertz CT molecular complexity index is 734. The molecule has 7 heteroatoms. The number of nitrogens with one attached hydrogen (secondary N) is 1. The molecule has 0 aliphatic carbocycles. The van der Waals surface area contributed by atoms with E-state index < -0.39 is 17.7 Å². The van der Waals surface area contributed by atoms with Crippen LogP contribution in [0.1, 0.15) is 20.7 Å². The Labute approximate surface area is 124 Å². The summed E-state index contributed by atoms with van der Waals surface area (Å²) in [5, 5.41) is 11.4. The highest BCUT2D eigenvalue weighted by molar-refractivity contribution is 6.33. The Hall–Kier alpha value is -2.60. The van der Waals surface area contributed by atoms with Gasteiger partial charge in [0.05, 0.1) is 22.0 Å². The number of anilines is 2. The normalized spacial score (nSPS) is 10.2. The largest absolute Gasteiger partial charge is 0.478 e. The zero-order chi connectivity index (χ0) is 15.6. The van der Waals surface area contributed by atoms with Crippen LogP contribution in [0.3, 0.4) is 0 Å². The molecule has 0 aliphatic heterocycles. The summed E-state index contributed by atoms with van der Waals surface area (Å²) < 4.78 is 13.6. The summed E-state index contributed by atoms with van der Waals surface area (Å²) in [5.74, 6) is -2.59. The maximum Gasteiger partial charge on any atom is 0.335 e. The monoisotopic (exact) mass is 308 g/mol. The molecule has 5 nitrogen and oxygen atoms in total. The fourth-order valence-electron chi connectivity index (χ4n) is 1.63. The highest BCUT2D eigenvalue weighted by Crippen LogP contribution is 2.21. The third-order valence-electron chi connectivity index (χ3n) is 2.72. The summed E-state index contributed by atoms with van der Waals surface area (Å²) in [6.45, 7) is 0. The van der Waals surface area contributed by atoms with Gasteiger partial charge in [-0.3, -0.25) is 4.79 Å². The Morgan fingerprint density at radius 2 is 1.81 bits per heavy atom. The fraction of sp³-hybridized carbons (Fsp3) is 0. The predicted molar refractivity (Wildman–Crippen MR) is 77.2 cm³/mol. The first kappa shape index (κ1) is 14.8. The molecule has 0 aromatic heterocycles. The van der Waals surface area contributed by atoms with E-state index in [0.29, 0.717) is 5.02 Å². The molecule has 0 saturated heterocycles. The minimum Gasteiger partial charge on any atom is -0.478 e. The molecule has 108 valence electrons. The van der Waals surface area contributed by atoms with Crippen molar-refractivity contribution in [3.63, 3.8) is 0 Å². The van der Waals surface area contributed by atoms with Crippen LogP contribution in [0.4, 0.5) is 15.8 Å². The van der Waals surface area contributed by atoms with Crippen LogP contribution in [0.15, 0.2) is 36.4 Å². The number of nitrogen functional groups attached to an aromatic ring is 1. The number of carbonyl (C=O) groups excluding carboxylic acids is 1. The summed E-state index contributed by atoms with van der Waals surface area (Å²) in [4.78, 5) is 22.8. The van der Waals surface area contributed by atoms with Crippen molar-refractivity contribution in [2.75, 3.05) is 11.1 Å². The molecular formula is C14H10ClFN2O3. The molecule has 21 heavy (non-hydrogen) atoms. The lowest BCUT2D eigenvalue weighted by atomic mass is 10.1. The number of carbonyl (C=O) groups is 2. The second-order valence-electron chi connectivity index (χ2n) is 4.19. The zero-order valence-electron chi connectivity index (χ0n) is 10.6. The van der Waals surface area contributed by atoms with Crippen LogP contribution in [0, 0.1) is 5.82 Å². The van der Waals surface area contributed by atoms with E-state index in [4.69, 9.17) is 22.4 Å². The minimum atomic E-state index is -1.22. The van der Waals surface area contributed by atoms with E-state index in [-0.39, 0.29) is 22.5 Å². The van der Waals surface area contributed by atoms with E-state index in [2.05, 4.69) is 5.32 Å². The first-order valence-electron chi connectivity index (χ1n) is 5.77. The maximum atomic E-state index is 13.6. The van der Waals surface area contributed by atoms with Gasteiger partial charge in [-0.15, -0.1) is 0 Å². The number of aromatic carboxylic acids is 1. The van der Waals surface area contributed by atoms with Crippen LogP contribution in [0.25, 0.3) is 0 Å². The number of carboxylic acid groups (broad SMARTS) is 1. The van der Waals surface area contributed by atoms with E-state index in [1.807, 2.05) is 0 Å². The second kappa shape index (κ2) is 5.80. The van der Waals surface area contributed by atoms with Gasteiger partial charge >= 0.3 is 5.97 Å². The van der Waals surface area contributed by atoms with Gasteiger partial charge in [-0.1, -0.05) is 11.6 Å². The lowest BCUT2D eigenvalue weighted by Crippen LogP contribution is -2.14. The molecule has 2 aromatic carbocycles. The molecule has 0 heterocycles. The van der Waals surface area contributed by atoms with Gasteiger partial charge in [0, 0.05) is 5.56 Å². The molecule has 1 amide bonds. The molecule has 0 aliphatic rings. The Morgan fingerprint density at radius 3 is 2.43 bits per heavy atom. The van der Waals surface area contributed by atoms with E-state index in [9.17, 15) is 14.0 Å². The van der Waals surface area contributed by atoms with Crippen molar-refractivity contribution in [1.82, 2.24) is 0 Å². The first-order chi connectivity index (χ1) is 9.88. The van der Waals surface area contributed by atoms with Crippen molar-refractivity contribution in [2.24, 2.45) is 0 Å². The van der Waals surface area contributed by atoms with Gasteiger partial charge in [-0.25, -0.2) is 9.18 Å². The van der Waals surface area contributed by atoms with Crippen molar-refractivity contribution >= 4 is 34.9 Å². The van der Waals surface area contributed by atoms with E-state index in [0.717, 1.165) is 18.2 Å². The van der Waals surface area contributed by atoms with Crippen LogP contribution in [0.2, 0.25) is 5.02 Å². The number of hydrogen-bond acceptors (Lipinski definition) is 3. The quantitative estimate of drug-likeness (QED) is 0.760. The lowest BCUT2D eigenvalue weighted by molar-refractivity contribution is 0.0696. The van der Waals surface area contributed by atoms with Crippen molar-refractivity contribution in [2.45, 2.75) is 0 Å². The maximum absolute atomic E-state index is 13.6. The predicted octanol–water partition coefficient (Wildman–Crippen LogP) is 3.01. The van der Waals surface area contributed by atoms with Crippen molar-refractivity contribution < 1.29 is 19.1 Å². The van der Waals surface area contributed by atoms with Crippen LogP contribution in [0.5, 0.6) is 0 Å². The number of rotatable bonds is 3. The number of hydrogen-bond donors (Lipinski definition) is 3. The van der Waals surface area contributed by atoms with Gasteiger partial charge in [0.25, 0.3) is 5.91 Å². The molecular weight excluding hydrogens is 299 g/mol. The number of benzene rings is 2. The first-order valence-corrected chi connectivity index (χ1v) is 6.15. The Kier molecular flexibility index (Phi) is 4.09. The second-order valence-corrected chi connectivity index (χ2v) is 4.60. The molecule has 0 spiro atoms. The van der Waals surface area contributed by atoms with Gasteiger partial charge in [0.15, 0.2) is 0 Å². The minimum absolute atomic E-state index is 0.137. The molecule has 0 saturated carbocycles. The highest BCUT2D eigenvalue weighted by Gasteiger charge is 2.13. The van der Waals surface area contributed by atoms with Crippen molar-refractivity contribution in [1.29, 1.82) is 0 Å². The van der Waals surface area contributed by atoms with E-state index in [1.54, 1.807) is 0 Å². The van der Waals surface area contributed by atoms with E-state index in [1.165, 1.54) is 18.2 Å². The Balaban J connectivity index is 2.28.